The summed E-state index contributed by atoms with van der Waals surface area (Å²) in [4.78, 5) is 2.30. The molecule has 1 aromatic carbocycles. The summed E-state index contributed by atoms with van der Waals surface area (Å²) in [5, 5.41) is 3.58. The van der Waals surface area contributed by atoms with E-state index in [0.717, 1.165) is 13.1 Å². The first-order valence-electron chi connectivity index (χ1n) is 7.79. The van der Waals surface area contributed by atoms with Crippen LogP contribution in [0.2, 0.25) is 0 Å². The molecule has 0 bridgehead atoms. The van der Waals surface area contributed by atoms with E-state index in [1.165, 1.54) is 18.2 Å². The zero-order valence-electron chi connectivity index (χ0n) is 13.4. The van der Waals surface area contributed by atoms with Crippen molar-refractivity contribution in [3.05, 3.63) is 35.4 Å². The molecule has 118 valence electrons. The lowest BCUT2D eigenvalue weighted by Gasteiger charge is -2.43. The fraction of sp³-hybridized carbons (Fsp3) is 0.647. The van der Waals surface area contributed by atoms with Crippen molar-refractivity contribution >= 4 is 0 Å². The largest absolute Gasteiger partial charge is 0.311 e. The second-order valence-corrected chi connectivity index (χ2v) is 6.74. The number of nitrogens with one attached hydrogen (secondary N) is 1. The molecule has 1 N–H and O–H groups in total. The summed E-state index contributed by atoms with van der Waals surface area (Å²) in [5.41, 5.74) is 0.449. The smallest absolute Gasteiger partial charge is 0.127 e. The average Bonchev–Trinajstić information content (AvgIpc) is 2.42. The van der Waals surface area contributed by atoms with Crippen LogP contribution in [0.3, 0.4) is 0 Å². The maximum Gasteiger partial charge on any atom is 0.127 e. The molecule has 4 heteroatoms. The topological polar surface area (TPSA) is 15.3 Å². The van der Waals surface area contributed by atoms with Gasteiger partial charge in [-0.1, -0.05) is 27.7 Å². The van der Waals surface area contributed by atoms with Gasteiger partial charge in [-0.15, -0.1) is 0 Å². The maximum absolute atomic E-state index is 13.9. The van der Waals surface area contributed by atoms with Crippen molar-refractivity contribution in [2.75, 3.05) is 13.1 Å². The van der Waals surface area contributed by atoms with Gasteiger partial charge in [0.2, 0.25) is 0 Å². The molecular formula is C17H26F2N2. The fourth-order valence-corrected chi connectivity index (χ4v) is 3.02. The van der Waals surface area contributed by atoms with Crippen molar-refractivity contribution in [3.8, 4) is 0 Å². The number of piperazine rings is 1. The van der Waals surface area contributed by atoms with E-state index in [1.54, 1.807) is 0 Å². The zero-order chi connectivity index (χ0) is 15.6. The summed E-state index contributed by atoms with van der Waals surface area (Å²) in [6, 6.07) is 4.46. The number of hydrogen-bond donors (Lipinski definition) is 1. The second-order valence-electron chi connectivity index (χ2n) is 6.74. The number of halogens is 2. The predicted molar refractivity (Wildman–Crippen MR) is 82.0 cm³/mol. The van der Waals surface area contributed by atoms with E-state index in [-0.39, 0.29) is 11.6 Å². The highest BCUT2D eigenvalue weighted by molar-refractivity contribution is 5.19. The highest BCUT2D eigenvalue weighted by atomic mass is 19.1. The molecule has 0 amide bonds. The molecule has 0 aliphatic carbocycles. The van der Waals surface area contributed by atoms with Gasteiger partial charge in [-0.3, -0.25) is 4.90 Å². The lowest BCUT2D eigenvalue weighted by atomic mass is 9.93. The van der Waals surface area contributed by atoms with Gasteiger partial charge in [0.15, 0.2) is 0 Å². The molecule has 1 heterocycles. The Labute approximate surface area is 126 Å². The third kappa shape index (κ3) is 4.01. The minimum absolute atomic E-state index is 0.321. The molecule has 2 rings (SSSR count). The molecule has 1 saturated heterocycles. The molecule has 21 heavy (non-hydrogen) atoms. The van der Waals surface area contributed by atoms with Crippen LogP contribution in [0.5, 0.6) is 0 Å². The summed E-state index contributed by atoms with van der Waals surface area (Å²) >= 11 is 0. The van der Waals surface area contributed by atoms with E-state index < -0.39 is 0 Å². The van der Waals surface area contributed by atoms with Crippen LogP contribution in [0, 0.1) is 23.5 Å². The minimum atomic E-state index is -0.372. The van der Waals surface area contributed by atoms with Crippen molar-refractivity contribution in [2.24, 2.45) is 11.8 Å². The van der Waals surface area contributed by atoms with Crippen molar-refractivity contribution < 1.29 is 8.78 Å². The van der Waals surface area contributed by atoms with Gasteiger partial charge < -0.3 is 5.32 Å². The molecule has 0 spiro atoms. The van der Waals surface area contributed by atoms with Crippen LogP contribution < -0.4 is 5.32 Å². The number of benzene rings is 1. The molecule has 0 aromatic heterocycles. The Bertz CT molecular complexity index is 474. The number of nitrogens with zero attached hydrogens (tertiary/aromatic N) is 1. The maximum atomic E-state index is 13.9. The highest BCUT2D eigenvalue weighted by Gasteiger charge is 2.31. The Morgan fingerprint density at radius 1 is 1.19 bits per heavy atom. The molecule has 2 unspecified atom stereocenters. The van der Waals surface area contributed by atoms with E-state index in [0.29, 0.717) is 36.0 Å². The van der Waals surface area contributed by atoms with Crippen molar-refractivity contribution in [1.82, 2.24) is 10.2 Å². The first-order chi connectivity index (χ1) is 9.88. The SMILES string of the molecule is CC(C)C1CN(Cc2cc(F)ccc2F)C(C(C)C)CN1. The summed E-state index contributed by atoms with van der Waals surface area (Å²) in [6.07, 6.45) is 0. The lowest BCUT2D eigenvalue weighted by molar-refractivity contribution is 0.0773. The van der Waals surface area contributed by atoms with Crippen LogP contribution >= 0.6 is 0 Å². The van der Waals surface area contributed by atoms with Crippen molar-refractivity contribution in [1.29, 1.82) is 0 Å². The molecule has 0 saturated carbocycles. The Balaban J connectivity index is 2.17. The standard InChI is InChI=1S/C17H26F2N2/c1-11(2)16-10-21(17(8-20-16)12(3)4)9-13-7-14(18)5-6-15(13)19/h5-7,11-12,16-17,20H,8-10H2,1-4H3. The summed E-state index contributed by atoms with van der Waals surface area (Å²) in [5.74, 6) is 0.307. The van der Waals surface area contributed by atoms with Crippen LogP contribution in [-0.2, 0) is 6.54 Å². The molecule has 1 aliphatic rings. The quantitative estimate of drug-likeness (QED) is 0.916. The third-order valence-corrected chi connectivity index (χ3v) is 4.44. The minimum Gasteiger partial charge on any atom is -0.311 e. The van der Waals surface area contributed by atoms with Crippen LogP contribution in [0.15, 0.2) is 18.2 Å². The normalized spacial score (nSPS) is 24.0. The average molecular weight is 296 g/mol. The Hall–Kier alpha value is -1.00. The molecule has 0 radical (unpaired) electrons. The number of hydrogen-bond acceptors (Lipinski definition) is 2. The van der Waals surface area contributed by atoms with E-state index in [2.05, 4.69) is 37.9 Å². The molecule has 1 aromatic rings. The predicted octanol–water partition coefficient (Wildman–Crippen LogP) is 3.42. The van der Waals surface area contributed by atoms with Gasteiger partial charge in [-0.05, 0) is 30.0 Å². The van der Waals surface area contributed by atoms with Crippen molar-refractivity contribution in [3.63, 3.8) is 0 Å². The monoisotopic (exact) mass is 296 g/mol. The van der Waals surface area contributed by atoms with Crippen molar-refractivity contribution in [2.45, 2.75) is 46.3 Å². The van der Waals surface area contributed by atoms with Crippen LogP contribution in [-0.4, -0.2) is 30.1 Å². The summed E-state index contributed by atoms with van der Waals surface area (Å²) in [7, 11) is 0. The number of rotatable bonds is 4. The second kappa shape index (κ2) is 6.84. The molecule has 2 atom stereocenters. The van der Waals surface area contributed by atoms with E-state index in [4.69, 9.17) is 0 Å². The highest BCUT2D eigenvalue weighted by Crippen LogP contribution is 2.22. The lowest BCUT2D eigenvalue weighted by Crippen LogP contribution is -2.59. The molecular weight excluding hydrogens is 270 g/mol. The Morgan fingerprint density at radius 2 is 1.90 bits per heavy atom. The zero-order valence-corrected chi connectivity index (χ0v) is 13.4. The first-order valence-corrected chi connectivity index (χ1v) is 7.79. The Kier molecular flexibility index (Phi) is 5.33. The van der Waals surface area contributed by atoms with Gasteiger partial charge in [-0.2, -0.15) is 0 Å². The van der Waals surface area contributed by atoms with Gasteiger partial charge in [0.25, 0.3) is 0 Å². The first kappa shape index (κ1) is 16.4. The van der Waals surface area contributed by atoms with E-state index in [9.17, 15) is 8.78 Å². The molecule has 2 nitrogen and oxygen atoms in total. The summed E-state index contributed by atoms with van der Waals surface area (Å²) < 4.78 is 27.3. The molecule has 1 aliphatic heterocycles. The Morgan fingerprint density at radius 3 is 2.52 bits per heavy atom. The third-order valence-electron chi connectivity index (χ3n) is 4.44. The van der Waals surface area contributed by atoms with Gasteiger partial charge in [0, 0.05) is 37.3 Å². The van der Waals surface area contributed by atoms with Gasteiger partial charge in [0.05, 0.1) is 0 Å². The van der Waals surface area contributed by atoms with Gasteiger partial charge in [-0.25, -0.2) is 8.78 Å². The van der Waals surface area contributed by atoms with E-state index >= 15 is 0 Å². The van der Waals surface area contributed by atoms with Gasteiger partial charge in [0.1, 0.15) is 11.6 Å². The van der Waals surface area contributed by atoms with E-state index in [1.807, 2.05) is 0 Å². The van der Waals surface area contributed by atoms with Crippen LogP contribution in [0.4, 0.5) is 8.78 Å². The fourth-order valence-electron chi connectivity index (χ4n) is 3.02. The van der Waals surface area contributed by atoms with Gasteiger partial charge >= 0.3 is 0 Å². The summed E-state index contributed by atoms with van der Waals surface area (Å²) in [6.45, 7) is 11.0. The van der Waals surface area contributed by atoms with Crippen LogP contribution in [0.25, 0.3) is 0 Å². The molecule has 1 fully saturated rings. The van der Waals surface area contributed by atoms with Crippen LogP contribution in [0.1, 0.15) is 33.3 Å².